The summed E-state index contributed by atoms with van der Waals surface area (Å²) in [5, 5.41) is 0. The van der Waals surface area contributed by atoms with Crippen molar-refractivity contribution < 1.29 is 42.2 Å². The first-order valence-electron chi connectivity index (χ1n) is 2.05. The fourth-order valence-electron chi connectivity index (χ4n) is 0.208. The minimum atomic E-state index is -3.36. The van der Waals surface area contributed by atoms with Gasteiger partial charge in [0.1, 0.15) is 0 Å². The smallest absolute Gasteiger partial charge is 0.677 e. The molecule has 0 amide bonds. The summed E-state index contributed by atoms with van der Waals surface area (Å²) < 4.78 is 24.5. The number of nitrogens with one attached hydrogen (secondary N) is 1. The summed E-state index contributed by atoms with van der Waals surface area (Å²) in [6.45, 7) is -0.143. The van der Waals surface area contributed by atoms with Crippen LogP contribution in [0.5, 0.6) is 0 Å². The van der Waals surface area contributed by atoms with Crippen molar-refractivity contribution in [3.8, 4) is 0 Å². The van der Waals surface area contributed by atoms with E-state index in [1.807, 2.05) is 0 Å². The number of hydrogen-bond donors (Lipinski definition) is 0. The van der Waals surface area contributed by atoms with Gasteiger partial charge in [0.15, 0.2) is 0 Å². The molecule has 0 rings (SSSR count). The zero-order valence-corrected chi connectivity index (χ0v) is 8.36. The van der Waals surface area contributed by atoms with Crippen LogP contribution in [0.2, 0.25) is 0 Å². The van der Waals surface area contributed by atoms with Crippen molar-refractivity contribution >= 4 is 10.1 Å². The quantitative estimate of drug-likeness (QED) is 0.327. The maximum absolute atomic E-state index is 10.3. The van der Waals surface area contributed by atoms with E-state index < -0.39 is 10.1 Å². The predicted octanol–water partition coefficient (Wildman–Crippen LogP) is -2.98. The molecule has 0 atom stereocenters. The van der Waals surface area contributed by atoms with E-state index in [1.54, 1.807) is 0 Å². The largest absolute Gasteiger partial charge is 1.00 e. The summed E-state index contributed by atoms with van der Waals surface area (Å²) in [5.74, 6) is -0.219. The van der Waals surface area contributed by atoms with E-state index in [0.29, 0.717) is 0 Å². The van der Waals surface area contributed by atoms with Gasteiger partial charge in [-0.2, -0.15) is 8.42 Å². The van der Waals surface area contributed by atoms with E-state index in [4.69, 9.17) is 5.73 Å². The monoisotopic (exact) mass is 161 g/mol. The van der Waals surface area contributed by atoms with Crippen molar-refractivity contribution in [2.45, 2.75) is 0 Å². The second-order valence-electron chi connectivity index (χ2n) is 1.18. The number of hydrogen-bond acceptors (Lipinski definition) is 3. The van der Waals surface area contributed by atoms with Crippen molar-refractivity contribution in [2.75, 3.05) is 19.4 Å². The van der Waals surface area contributed by atoms with Gasteiger partial charge < -0.3 is 5.73 Å². The zero-order valence-electron chi connectivity index (χ0n) is 5.55. The molecule has 0 heterocycles. The Morgan fingerprint density at radius 2 is 2.00 bits per heavy atom. The van der Waals surface area contributed by atoms with E-state index in [2.05, 4.69) is 4.18 Å². The first-order valence-corrected chi connectivity index (χ1v) is 3.63. The molecule has 0 aromatic carbocycles. The molecular formula is C3H8NNaO3S. The van der Waals surface area contributed by atoms with Crippen LogP contribution < -0.4 is 29.6 Å². The zero-order chi connectivity index (χ0) is 6.62. The maximum Gasteiger partial charge on any atom is 1.00 e. The molecule has 50 valence electrons. The first-order chi connectivity index (χ1) is 3.62. The summed E-state index contributed by atoms with van der Waals surface area (Å²) in [6, 6.07) is 0. The molecule has 0 spiro atoms. The van der Waals surface area contributed by atoms with Gasteiger partial charge in [0, 0.05) is 0 Å². The van der Waals surface area contributed by atoms with E-state index >= 15 is 0 Å². The fourth-order valence-corrected chi connectivity index (χ4v) is 0.625. The molecule has 0 aliphatic carbocycles. The summed E-state index contributed by atoms with van der Waals surface area (Å²) in [5.41, 5.74) is 6.50. The second kappa shape index (κ2) is 5.64. The van der Waals surface area contributed by atoms with Crippen LogP contribution >= 0.6 is 0 Å². The molecule has 0 unspecified atom stereocenters. The summed E-state index contributed by atoms with van der Waals surface area (Å²) in [4.78, 5) is 0. The van der Waals surface area contributed by atoms with E-state index in [1.165, 1.54) is 0 Å². The summed E-state index contributed by atoms with van der Waals surface area (Å²) >= 11 is 0. The van der Waals surface area contributed by atoms with Gasteiger partial charge in [0.25, 0.3) is 10.1 Å². The Balaban J connectivity index is 0. The molecule has 0 aromatic heterocycles. The van der Waals surface area contributed by atoms with Gasteiger partial charge in [-0.05, 0) is 0 Å². The van der Waals surface area contributed by atoms with Crippen LogP contribution in [0, 0.1) is 0 Å². The van der Waals surface area contributed by atoms with Crippen LogP contribution in [0.4, 0.5) is 0 Å². The molecular weight excluding hydrogens is 153 g/mol. The van der Waals surface area contributed by atoms with Gasteiger partial charge in [0.05, 0.1) is 12.9 Å². The Morgan fingerprint density at radius 1 is 1.56 bits per heavy atom. The fraction of sp³-hybridized carbons (Fsp3) is 1.00. The van der Waals surface area contributed by atoms with Crippen LogP contribution in [-0.4, -0.2) is 27.8 Å². The Hall–Kier alpha value is 0.870. The average Bonchev–Trinajstić information content (AvgIpc) is 1.67. The van der Waals surface area contributed by atoms with Gasteiger partial charge in [0.2, 0.25) is 0 Å². The molecule has 0 saturated carbocycles. The normalized spacial score (nSPS) is 10.4. The minimum Gasteiger partial charge on any atom is -0.677 e. The molecule has 0 aromatic rings. The van der Waals surface area contributed by atoms with Crippen molar-refractivity contribution in [1.29, 1.82) is 0 Å². The van der Waals surface area contributed by atoms with E-state index in [0.717, 1.165) is 7.11 Å². The summed E-state index contributed by atoms with van der Waals surface area (Å²) in [7, 11) is -2.27. The molecule has 0 bridgehead atoms. The van der Waals surface area contributed by atoms with Crippen molar-refractivity contribution in [1.82, 2.24) is 0 Å². The molecule has 0 fully saturated rings. The van der Waals surface area contributed by atoms with E-state index in [9.17, 15) is 8.42 Å². The molecule has 0 aliphatic rings. The molecule has 6 heteroatoms. The molecule has 1 N–H and O–H groups in total. The number of rotatable bonds is 3. The van der Waals surface area contributed by atoms with E-state index in [-0.39, 0.29) is 41.9 Å². The predicted molar refractivity (Wildman–Crippen MR) is 30.0 cm³/mol. The first kappa shape index (κ1) is 12.5. The molecule has 0 aliphatic heterocycles. The van der Waals surface area contributed by atoms with Crippen molar-refractivity contribution in [3.63, 3.8) is 0 Å². The van der Waals surface area contributed by atoms with Crippen molar-refractivity contribution in [2.24, 2.45) is 0 Å². The van der Waals surface area contributed by atoms with Crippen LogP contribution in [-0.2, 0) is 14.3 Å². The third-order valence-corrected chi connectivity index (χ3v) is 1.82. The molecule has 4 nitrogen and oxygen atoms in total. The third-order valence-electron chi connectivity index (χ3n) is 0.606. The Kier molecular flexibility index (Phi) is 7.86. The Morgan fingerprint density at radius 3 is 2.11 bits per heavy atom. The van der Waals surface area contributed by atoms with Gasteiger partial charge >= 0.3 is 29.6 Å². The maximum atomic E-state index is 10.3. The standard InChI is InChI=1S/C3H8NO3S.Na/c1-7-8(5,6)3-2-4;/h4H,2-3H2,1H3;/q-1;+1. The van der Waals surface area contributed by atoms with Crippen LogP contribution in [0.3, 0.4) is 0 Å². The third kappa shape index (κ3) is 6.76. The van der Waals surface area contributed by atoms with Crippen LogP contribution in [0.1, 0.15) is 0 Å². The van der Waals surface area contributed by atoms with Gasteiger partial charge in [-0.15, -0.1) is 6.54 Å². The van der Waals surface area contributed by atoms with Crippen LogP contribution in [0.25, 0.3) is 5.73 Å². The minimum absolute atomic E-state index is 0. The average molecular weight is 161 g/mol. The van der Waals surface area contributed by atoms with Gasteiger partial charge in [-0.1, -0.05) is 0 Å². The topological polar surface area (TPSA) is 67.2 Å². The second-order valence-corrected chi connectivity index (χ2v) is 3.04. The van der Waals surface area contributed by atoms with Gasteiger partial charge in [-0.25, -0.2) is 0 Å². The SMILES string of the molecule is COS(=O)(=O)CC[NH-].[Na+]. The Labute approximate surface area is 77.2 Å². The summed E-state index contributed by atoms with van der Waals surface area (Å²) in [6.07, 6.45) is 0. The molecule has 0 saturated heterocycles. The molecule has 9 heavy (non-hydrogen) atoms. The van der Waals surface area contributed by atoms with Crippen LogP contribution in [0.15, 0.2) is 0 Å². The van der Waals surface area contributed by atoms with Crippen molar-refractivity contribution in [3.05, 3.63) is 5.73 Å². The van der Waals surface area contributed by atoms with Gasteiger partial charge in [-0.3, -0.25) is 4.18 Å². The molecule has 0 radical (unpaired) electrons. The Bertz CT molecular complexity index is 143.